The molecule has 2 unspecified atom stereocenters. The zero-order valence-corrected chi connectivity index (χ0v) is 12.5. The van der Waals surface area contributed by atoms with E-state index >= 15 is 0 Å². The molecule has 1 saturated carbocycles. The van der Waals surface area contributed by atoms with E-state index in [0.29, 0.717) is 6.42 Å². The van der Waals surface area contributed by atoms with Crippen LogP contribution in [0.2, 0.25) is 0 Å². The Kier molecular flexibility index (Phi) is 2.12. The van der Waals surface area contributed by atoms with Gasteiger partial charge in [0.2, 0.25) is 5.69 Å². The van der Waals surface area contributed by atoms with E-state index in [-0.39, 0.29) is 0 Å². The molecule has 1 heteroatoms. The largest absolute Gasteiger partial charge is 0.212 e. The summed E-state index contributed by atoms with van der Waals surface area (Å²) in [6.45, 7) is 4.26. The third kappa shape index (κ3) is 1.65. The van der Waals surface area contributed by atoms with Crippen LogP contribution in [0.5, 0.6) is 0 Å². The molecule has 0 N–H and O–H groups in total. The van der Waals surface area contributed by atoms with Crippen molar-refractivity contribution in [2.75, 3.05) is 0 Å². The Labute approximate surface area is 124 Å². The Balaban J connectivity index is 1.94. The fourth-order valence-corrected chi connectivity index (χ4v) is 3.79. The highest BCUT2D eigenvalue weighted by Gasteiger charge is 2.39. The topological polar surface area (TPSA) is 3.88 Å². The van der Waals surface area contributed by atoms with Crippen LogP contribution < -0.4 is 4.57 Å². The molecule has 102 valence electrons. The number of hydrogen-bond acceptors (Lipinski definition) is 0. The van der Waals surface area contributed by atoms with E-state index in [9.17, 15) is 0 Å². The number of nitrogens with zero attached hydrogens (tertiary/aromatic N) is 1. The quantitative estimate of drug-likeness (QED) is 0.682. The van der Waals surface area contributed by atoms with Crippen molar-refractivity contribution in [1.29, 1.82) is 0 Å². The van der Waals surface area contributed by atoms with Crippen LogP contribution in [0.1, 0.15) is 56.0 Å². The molecule has 1 aromatic carbocycles. The number of benzene rings is 1. The summed E-state index contributed by atoms with van der Waals surface area (Å²) in [7, 11) is 2.06. The van der Waals surface area contributed by atoms with Gasteiger partial charge in [-0.2, -0.15) is 0 Å². The average molecular weight is 266 g/mol. The molecule has 0 radical (unpaired) electrons. The first-order valence-corrected chi connectivity index (χ1v) is 7.45. The van der Waals surface area contributed by atoms with E-state index < -0.39 is 11.8 Å². The second-order valence-corrected chi connectivity index (χ2v) is 6.30. The molecule has 2 aliphatic rings. The van der Waals surface area contributed by atoms with Gasteiger partial charge < -0.3 is 0 Å². The molecule has 0 amide bonds. The maximum Gasteiger partial charge on any atom is 0.212 e. The monoisotopic (exact) mass is 266 g/mol. The van der Waals surface area contributed by atoms with Crippen molar-refractivity contribution in [1.82, 2.24) is 0 Å². The lowest BCUT2D eigenvalue weighted by Gasteiger charge is -2.15. The fraction of sp³-hybridized carbons (Fsp3) is 0.421. The van der Waals surface area contributed by atoms with Gasteiger partial charge in [0, 0.05) is 19.9 Å². The Bertz CT molecular complexity index is 798. The minimum absolute atomic E-state index is 0.532. The minimum atomic E-state index is -0.543. The molecule has 0 saturated heterocycles. The second-order valence-electron chi connectivity index (χ2n) is 6.30. The van der Waals surface area contributed by atoms with Gasteiger partial charge in [-0.3, -0.25) is 0 Å². The van der Waals surface area contributed by atoms with E-state index in [1.807, 2.05) is 0 Å². The predicted molar refractivity (Wildman–Crippen MR) is 81.9 cm³/mol. The van der Waals surface area contributed by atoms with Crippen molar-refractivity contribution in [3.05, 3.63) is 52.7 Å². The SMILES string of the molecule is [2H]C12CCC([2H])(C1)c1c[n+](C)c(-c3ccc(C)cc3C)cc12. The lowest BCUT2D eigenvalue weighted by molar-refractivity contribution is -0.660. The number of aromatic nitrogens is 1. The minimum Gasteiger partial charge on any atom is -0.201 e. The molecule has 0 spiro atoms. The van der Waals surface area contributed by atoms with E-state index in [0.717, 1.165) is 29.7 Å². The van der Waals surface area contributed by atoms with Gasteiger partial charge in [-0.15, -0.1) is 0 Å². The van der Waals surface area contributed by atoms with Crippen LogP contribution in [-0.2, 0) is 7.05 Å². The zero-order valence-electron chi connectivity index (χ0n) is 14.5. The molecule has 2 atom stereocenters. The Hall–Kier alpha value is -1.63. The van der Waals surface area contributed by atoms with Gasteiger partial charge in [-0.05, 0) is 62.1 Å². The van der Waals surface area contributed by atoms with E-state index in [1.54, 1.807) is 0 Å². The summed E-state index contributed by atoms with van der Waals surface area (Å²) in [4.78, 5) is 0. The van der Waals surface area contributed by atoms with Gasteiger partial charge in [0.25, 0.3) is 0 Å². The molecule has 0 aliphatic heterocycles. The summed E-state index contributed by atoms with van der Waals surface area (Å²) in [5, 5.41) is 0. The van der Waals surface area contributed by atoms with Crippen LogP contribution >= 0.6 is 0 Å². The van der Waals surface area contributed by atoms with E-state index in [2.05, 4.69) is 55.9 Å². The Morgan fingerprint density at radius 2 is 1.85 bits per heavy atom. The van der Waals surface area contributed by atoms with Crippen LogP contribution in [0.25, 0.3) is 11.3 Å². The molecule has 2 bridgehead atoms. The smallest absolute Gasteiger partial charge is 0.201 e. The van der Waals surface area contributed by atoms with Gasteiger partial charge >= 0.3 is 0 Å². The highest BCUT2D eigenvalue weighted by molar-refractivity contribution is 5.63. The lowest BCUT2D eigenvalue weighted by atomic mass is 9.91. The predicted octanol–water partition coefficient (Wildman–Crippen LogP) is 4.16. The van der Waals surface area contributed by atoms with Gasteiger partial charge in [-0.1, -0.05) is 17.7 Å². The normalized spacial score (nSPS) is 31.9. The Morgan fingerprint density at radius 1 is 1.10 bits per heavy atom. The average Bonchev–Trinajstić information content (AvgIpc) is 2.86. The fourth-order valence-electron chi connectivity index (χ4n) is 3.79. The summed E-state index contributed by atoms with van der Waals surface area (Å²) < 4.78 is 19.6. The molecule has 2 aromatic rings. The molecule has 4 rings (SSSR count). The molecule has 2 aliphatic carbocycles. The molecule has 1 heterocycles. The van der Waals surface area contributed by atoms with Crippen molar-refractivity contribution in [3.63, 3.8) is 0 Å². The zero-order chi connectivity index (χ0) is 15.7. The highest BCUT2D eigenvalue weighted by Crippen LogP contribution is 2.53. The molecule has 1 nitrogen and oxygen atoms in total. The third-order valence-electron chi connectivity index (χ3n) is 4.85. The van der Waals surface area contributed by atoms with Gasteiger partial charge in [0.1, 0.15) is 7.05 Å². The number of aryl methyl sites for hydroxylation is 3. The van der Waals surface area contributed by atoms with E-state index in [4.69, 9.17) is 2.74 Å². The van der Waals surface area contributed by atoms with Crippen molar-refractivity contribution in [3.8, 4) is 11.3 Å². The number of hydrogen-bond donors (Lipinski definition) is 0. The van der Waals surface area contributed by atoms with Crippen molar-refractivity contribution in [2.24, 2.45) is 7.05 Å². The number of pyridine rings is 1. The molecule has 1 aromatic heterocycles. The summed E-state index contributed by atoms with van der Waals surface area (Å²) in [6, 6.07) is 8.70. The first-order chi connectivity index (χ1) is 10.3. The third-order valence-corrected chi connectivity index (χ3v) is 4.85. The van der Waals surface area contributed by atoms with Crippen LogP contribution in [0, 0.1) is 13.8 Å². The van der Waals surface area contributed by atoms with Crippen molar-refractivity contribution < 1.29 is 7.31 Å². The van der Waals surface area contributed by atoms with Crippen LogP contribution in [-0.4, -0.2) is 0 Å². The Morgan fingerprint density at radius 3 is 2.60 bits per heavy atom. The van der Waals surface area contributed by atoms with Crippen LogP contribution in [0.3, 0.4) is 0 Å². The second kappa shape index (κ2) is 4.18. The summed E-state index contributed by atoms with van der Waals surface area (Å²) in [5.41, 5.74) is 7.07. The summed E-state index contributed by atoms with van der Waals surface area (Å²) in [6.07, 6.45) is 4.41. The standard InChI is InChI=1S/C19H22N/c1-12-4-7-16(13(2)8-12)19-10-17-14-5-6-15(9-14)18(17)11-20(19)3/h4,7-8,10-11,14-15H,5-6,9H2,1-3H3/q+1/i14D,15D. The first kappa shape index (κ1) is 10.1. The number of rotatable bonds is 1. The molecule has 20 heavy (non-hydrogen) atoms. The molecular weight excluding hydrogens is 242 g/mol. The first-order valence-electron chi connectivity index (χ1n) is 8.45. The highest BCUT2D eigenvalue weighted by atomic mass is 14.9. The summed E-state index contributed by atoms with van der Waals surface area (Å²) in [5.74, 6) is -1.08. The lowest BCUT2D eigenvalue weighted by Crippen LogP contribution is -2.32. The van der Waals surface area contributed by atoms with Crippen molar-refractivity contribution in [2.45, 2.75) is 44.9 Å². The van der Waals surface area contributed by atoms with E-state index in [1.165, 1.54) is 16.7 Å². The van der Waals surface area contributed by atoms with Gasteiger partial charge in [-0.25, -0.2) is 4.57 Å². The van der Waals surface area contributed by atoms with Gasteiger partial charge in [0.15, 0.2) is 6.20 Å². The van der Waals surface area contributed by atoms with Crippen molar-refractivity contribution >= 4 is 0 Å². The molecule has 1 fully saturated rings. The summed E-state index contributed by atoms with van der Waals surface area (Å²) >= 11 is 0. The molecular formula is C19H22N+. The van der Waals surface area contributed by atoms with Crippen LogP contribution in [0.4, 0.5) is 0 Å². The van der Waals surface area contributed by atoms with Crippen LogP contribution in [0.15, 0.2) is 30.5 Å². The van der Waals surface area contributed by atoms with Gasteiger partial charge in [0.05, 0.1) is 0 Å². The maximum absolute atomic E-state index is 8.77. The number of fused-ring (bicyclic) bond motifs is 5. The maximum atomic E-state index is 8.77.